The fraction of sp³-hybridized carbons (Fsp3) is 0.300. The first-order valence-corrected chi connectivity index (χ1v) is 4.52. The first kappa shape index (κ1) is 12.4. The first-order valence-electron chi connectivity index (χ1n) is 4.52. The van der Waals surface area contributed by atoms with E-state index in [1.807, 2.05) is 6.92 Å². The van der Waals surface area contributed by atoms with Gasteiger partial charge < -0.3 is 4.74 Å². The molecule has 3 N–H and O–H groups in total. The minimum atomic E-state index is -3.98. The third kappa shape index (κ3) is 2.66. The highest BCUT2D eigenvalue weighted by atomic mass is 19.3. The molecule has 1 aromatic carbocycles. The van der Waals surface area contributed by atoms with Crippen LogP contribution in [0, 0.1) is 13.8 Å². The maximum atomic E-state index is 13.1. The largest absolute Gasteiger partial charge is 0.483 e. The van der Waals surface area contributed by atoms with Crippen molar-refractivity contribution in [1.82, 2.24) is 5.43 Å². The van der Waals surface area contributed by atoms with Gasteiger partial charge in [-0.05, 0) is 25.5 Å². The number of amides is 1. The molecule has 4 nitrogen and oxygen atoms in total. The highest BCUT2D eigenvalue weighted by molar-refractivity contribution is 5.81. The van der Waals surface area contributed by atoms with E-state index in [2.05, 4.69) is 10.6 Å². The number of halogens is 2. The van der Waals surface area contributed by atoms with E-state index in [9.17, 15) is 13.6 Å². The Morgan fingerprint density at radius 2 is 2.06 bits per heavy atom. The SMILES string of the molecule is Cc1ccc(OC(F)(F)C(=O)NN)c(C)c1. The number of alkyl halides is 2. The summed E-state index contributed by atoms with van der Waals surface area (Å²) >= 11 is 0. The van der Waals surface area contributed by atoms with Crippen LogP contribution >= 0.6 is 0 Å². The van der Waals surface area contributed by atoms with Gasteiger partial charge in [-0.3, -0.25) is 10.2 Å². The van der Waals surface area contributed by atoms with E-state index < -0.39 is 12.0 Å². The molecule has 0 aliphatic heterocycles. The number of rotatable bonds is 3. The second-order valence-corrected chi connectivity index (χ2v) is 3.36. The smallest absolute Gasteiger partial charge is 0.425 e. The van der Waals surface area contributed by atoms with Crippen LogP contribution in [-0.2, 0) is 4.79 Å². The average Bonchev–Trinajstić information content (AvgIpc) is 2.21. The Labute approximate surface area is 91.4 Å². The summed E-state index contributed by atoms with van der Waals surface area (Å²) in [4.78, 5) is 10.7. The van der Waals surface area contributed by atoms with E-state index >= 15 is 0 Å². The summed E-state index contributed by atoms with van der Waals surface area (Å²) in [5.74, 6) is 2.87. The van der Waals surface area contributed by atoms with Gasteiger partial charge in [0.1, 0.15) is 5.75 Å². The van der Waals surface area contributed by atoms with Gasteiger partial charge in [0.15, 0.2) is 0 Å². The topological polar surface area (TPSA) is 64.3 Å². The van der Waals surface area contributed by atoms with Crippen molar-refractivity contribution in [3.63, 3.8) is 0 Å². The lowest BCUT2D eigenvalue weighted by molar-refractivity contribution is -0.193. The number of hydrogen-bond donors (Lipinski definition) is 2. The van der Waals surface area contributed by atoms with Gasteiger partial charge in [0, 0.05) is 0 Å². The molecule has 0 fully saturated rings. The van der Waals surface area contributed by atoms with Crippen LogP contribution in [0.3, 0.4) is 0 Å². The van der Waals surface area contributed by atoms with Crippen molar-refractivity contribution < 1.29 is 18.3 Å². The number of hydrazine groups is 1. The molecule has 0 saturated heterocycles. The molecule has 0 spiro atoms. The quantitative estimate of drug-likeness (QED) is 0.467. The molecule has 0 aliphatic rings. The van der Waals surface area contributed by atoms with Crippen LogP contribution in [0.4, 0.5) is 8.78 Å². The molecule has 0 saturated carbocycles. The molecule has 0 bridgehead atoms. The van der Waals surface area contributed by atoms with Crippen molar-refractivity contribution in [3.8, 4) is 5.75 Å². The standard InChI is InChI=1S/C10H12F2N2O2/c1-6-3-4-8(7(2)5-6)16-10(11,12)9(15)14-13/h3-5H,13H2,1-2H3,(H,14,15). The molecule has 0 aliphatic carbocycles. The highest BCUT2D eigenvalue weighted by Crippen LogP contribution is 2.25. The Morgan fingerprint density at radius 1 is 1.44 bits per heavy atom. The van der Waals surface area contributed by atoms with E-state index in [1.54, 1.807) is 19.1 Å². The molecular weight excluding hydrogens is 218 g/mol. The summed E-state index contributed by atoms with van der Waals surface area (Å²) in [5, 5.41) is 0. The van der Waals surface area contributed by atoms with Crippen LogP contribution in [0.1, 0.15) is 11.1 Å². The van der Waals surface area contributed by atoms with Crippen molar-refractivity contribution in [1.29, 1.82) is 0 Å². The number of carbonyl (C=O) groups excluding carboxylic acids is 1. The second kappa shape index (κ2) is 4.44. The molecule has 1 rings (SSSR count). The van der Waals surface area contributed by atoms with Crippen LogP contribution < -0.4 is 16.0 Å². The Balaban J connectivity index is 2.92. The van der Waals surface area contributed by atoms with Crippen molar-refractivity contribution in [3.05, 3.63) is 29.3 Å². The summed E-state index contributed by atoms with van der Waals surface area (Å²) in [6, 6.07) is 4.66. The van der Waals surface area contributed by atoms with Gasteiger partial charge in [-0.1, -0.05) is 17.7 Å². The Hall–Kier alpha value is -1.69. The molecular formula is C10H12F2N2O2. The molecule has 1 amide bonds. The third-order valence-electron chi connectivity index (χ3n) is 1.96. The molecule has 6 heteroatoms. The Morgan fingerprint density at radius 3 is 2.56 bits per heavy atom. The lowest BCUT2D eigenvalue weighted by Gasteiger charge is -2.17. The number of nitrogens with one attached hydrogen (secondary N) is 1. The lowest BCUT2D eigenvalue weighted by atomic mass is 10.1. The normalized spacial score (nSPS) is 11.1. The van der Waals surface area contributed by atoms with E-state index in [4.69, 9.17) is 0 Å². The zero-order valence-corrected chi connectivity index (χ0v) is 8.88. The second-order valence-electron chi connectivity index (χ2n) is 3.36. The summed E-state index contributed by atoms with van der Waals surface area (Å²) in [7, 11) is 0. The average molecular weight is 230 g/mol. The van der Waals surface area contributed by atoms with Gasteiger partial charge >= 0.3 is 12.0 Å². The zero-order valence-electron chi connectivity index (χ0n) is 8.88. The van der Waals surface area contributed by atoms with Gasteiger partial charge in [-0.15, -0.1) is 0 Å². The number of benzene rings is 1. The molecule has 0 heterocycles. The summed E-state index contributed by atoms with van der Waals surface area (Å²) in [5.41, 5.74) is 2.77. The highest BCUT2D eigenvalue weighted by Gasteiger charge is 2.42. The van der Waals surface area contributed by atoms with Gasteiger partial charge in [0.25, 0.3) is 0 Å². The van der Waals surface area contributed by atoms with E-state index in [0.29, 0.717) is 5.56 Å². The number of nitrogens with two attached hydrogens (primary N) is 1. The monoisotopic (exact) mass is 230 g/mol. The summed E-state index contributed by atoms with van der Waals surface area (Å²) in [6.45, 7) is 3.43. The predicted molar refractivity (Wildman–Crippen MR) is 53.8 cm³/mol. The summed E-state index contributed by atoms with van der Waals surface area (Å²) < 4.78 is 30.5. The van der Waals surface area contributed by atoms with Crippen LogP contribution in [0.25, 0.3) is 0 Å². The maximum absolute atomic E-state index is 13.1. The van der Waals surface area contributed by atoms with Crippen LogP contribution in [-0.4, -0.2) is 12.0 Å². The van der Waals surface area contributed by atoms with E-state index in [0.717, 1.165) is 5.56 Å². The van der Waals surface area contributed by atoms with Gasteiger partial charge in [-0.2, -0.15) is 8.78 Å². The number of aryl methyl sites for hydroxylation is 2. The number of hydrogen-bond acceptors (Lipinski definition) is 3. The Kier molecular flexibility index (Phi) is 3.44. The van der Waals surface area contributed by atoms with E-state index in [1.165, 1.54) is 11.5 Å². The predicted octanol–water partition coefficient (Wildman–Crippen LogP) is 1.26. The Bertz CT molecular complexity index is 408. The van der Waals surface area contributed by atoms with E-state index in [-0.39, 0.29) is 5.75 Å². The van der Waals surface area contributed by atoms with Crippen molar-refractivity contribution in [2.45, 2.75) is 20.0 Å². The number of ether oxygens (including phenoxy) is 1. The molecule has 0 atom stereocenters. The fourth-order valence-corrected chi connectivity index (χ4v) is 1.18. The van der Waals surface area contributed by atoms with Crippen LogP contribution in [0.15, 0.2) is 18.2 Å². The molecule has 1 aromatic rings. The van der Waals surface area contributed by atoms with Crippen molar-refractivity contribution in [2.24, 2.45) is 5.84 Å². The molecule has 88 valence electrons. The van der Waals surface area contributed by atoms with Gasteiger partial charge in [-0.25, -0.2) is 5.84 Å². The van der Waals surface area contributed by atoms with Crippen molar-refractivity contribution >= 4 is 5.91 Å². The third-order valence-corrected chi connectivity index (χ3v) is 1.96. The maximum Gasteiger partial charge on any atom is 0.483 e. The molecule has 0 unspecified atom stereocenters. The lowest BCUT2D eigenvalue weighted by Crippen LogP contribution is -2.47. The summed E-state index contributed by atoms with van der Waals surface area (Å²) in [6.07, 6.45) is -3.98. The molecule has 16 heavy (non-hydrogen) atoms. The van der Waals surface area contributed by atoms with Crippen molar-refractivity contribution in [2.75, 3.05) is 0 Å². The zero-order chi connectivity index (χ0) is 12.3. The van der Waals surface area contributed by atoms with Crippen LogP contribution in [0.5, 0.6) is 5.75 Å². The fourth-order valence-electron chi connectivity index (χ4n) is 1.18. The van der Waals surface area contributed by atoms with Crippen LogP contribution in [0.2, 0.25) is 0 Å². The minimum absolute atomic E-state index is 0.0563. The van der Waals surface area contributed by atoms with Gasteiger partial charge in [0.2, 0.25) is 0 Å². The first-order chi connectivity index (χ1) is 7.36. The minimum Gasteiger partial charge on any atom is -0.425 e. The molecule has 0 aromatic heterocycles. The number of carbonyl (C=O) groups is 1. The molecule has 0 radical (unpaired) electrons. The van der Waals surface area contributed by atoms with Gasteiger partial charge in [0.05, 0.1) is 0 Å².